The number of aliphatic hydroxyl groups excluding tert-OH is 1. The van der Waals surface area contributed by atoms with Crippen LogP contribution < -0.4 is 5.32 Å². The number of carbonyl (C=O) groups excluding carboxylic acids is 1. The van der Waals surface area contributed by atoms with Gasteiger partial charge in [-0.05, 0) is 49.3 Å². The molecule has 1 aliphatic carbocycles. The van der Waals surface area contributed by atoms with Gasteiger partial charge in [0.1, 0.15) is 0 Å². The molecule has 0 heterocycles. The van der Waals surface area contributed by atoms with Crippen LogP contribution in [0.1, 0.15) is 54.9 Å². The van der Waals surface area contributed by atoms with Gasteiger partial charge in [-0.2, -0.15) is 0 Å². The van der Waals surface area contributed by atoms with Gasteiger partial charge >= 0.3 is 0 Å². The number of aryl methyl sites for hydroxylation is 1. The molecule has 0 saturated heterocycles. The maximum atomic E-state index is 12.5. The average Bonchev–Trinajstić information content (AvgIpc) is 2.55. The number of amides is 1. The molecule has 120 valence electrons. The Morgan fingerprint density at radius 2 is 1.96 bits per heavy atom. The van der Waals surface area contributed by atoms with Crippen LogP contribution in [0.5, 0.6) is 0 Å². The van der Waals surface area contributed by atoms with Gasteiger partial charge in [0.2, 0.25) is 5.91 Å². The highest BCUT2D eigenvalue weighted by Crippen LogP contribution is 2.34. The van der Waals surface area contributed by atoms with E-state index in [0.717, 1.165) is 24.8 Å². The first-order chi connectivity index (χ1) is 11.1. The first-order valence-corrected chi connectivity index (χ1v) is 8.30. The highest BCUT2D eigenvalue weighted by Gasteiger charge is 2.22. The predicted octanol–water partition coefficient (Wildman–Crippen LogP) is 4.19. The number of hydrogen-bond acceptors (Lipinski definition) is 2. The van der Waals surface area contributed by atoms with Crippen LogP contribution in [0.2, 0.25) is 0 Å². The fourth-order valence-electron chi connectivity index (χ4n) is 3.47. The number of hydrogen-bond donors (Lipinski definition) is 2. The standard InChI is InChI=1S/C20H23NO2/c1-14(22)17-10-4-5-12-19(17)21-20(23)13-16-9-6-8-15-7-2-3-11-18(15)16/h2-5,7,10-12,14,16,22H,6,8-9,13H2,1H3,(H,21,23). The summed E-state index contributed by atoms with van der Waals surface area (Å²) in [6, 6.07) is 15.9. The Kier molecular flexibility index (Phi) is 4.77. The van der Waals surface area contributed by atoms with Crippen LogP contribution in [0.3, 0.4) is 0 Å². The molecule has 0 saturated carbocycles. The van der Waals surface area contributed by atoms with Gasteiger partial charge in [0, 0.05) is 17.7 Å². The molecule has 2 aromatic rings. The zero-order valence-electron chi connectivity index (χ0n) is 13.5. The smallest absolute Gasteiger partial charge is 0.224 e. The number of nitrogens with one attached hydrogen (secondary N) is 1. The number of aliphatic hydroxyl groups is 1. The fourth-order valence-corrected chi connectivity index (χ4v) is 3.47. The van der Waals surface area contributed by atoms with Crippen molar-refractivity contribution in [1.29, 1.82) is 0 Å². The van der Waals surface area contributed by atoms with E-state index in [1.165, 1.54) is 11.1 Å². The molecule has 1 aliphatic rings. The second kappa shape index (κ2) is 6.97. The Morgan fingerprint density at radius 3 is 2.78 bits per heavy atom. The van der Waals surface area contributed by atoms with E-state index in [1.807, 2.05) is 24.3 Å². The molecule has 0 aromatic heterocycles. The number of para-hydroxylation sites is 1. The van der Waals surface area contributed by atoms with Crippen molar-refractivity contribution in [2.75, 3.05) is 5.32 Å². The Morgan fingerprint density at radius 1 is 1.22 bits per heavy atom. The van der Waals surface area contributed by atoms with Crippen molar-refractivity contribution < 1.29 is 9.90 Å². The fraction of sp³-hybridized carbons (Fsp3) is 0.350. The first-order valence-electron chi connectivity index (χ1n) is 8.30. The van der Waals surface area contributed by atoms with Crippen LogP contribution in [-0.2, 0) is 11.2 Å². The third kappa shape index (κ3) is 3.62. The van der Waals surface area contributed by atoms with Gasteiger partial charge in [0.15, 0.2) is 0 Å². The monoisotopic (exact) mass is 309 g/mol. The highest BCUT2D eigenvalue weighted by atomic mass is 16.3. The van der Waals surface area contributed by atoms with Crippen LogP contribution in [0.25, 0.3) is 0 Å². The van der Waals surface area contributed by atoms with Crippen molar-refractivity contribution in [2.45, 2.75) is 44.6 Å². The zero-order chi connectivity index (χ0) is 16.2. The quantitative estimate of drug-likeness (QED) is 0.889. The summed E-state index contributed by atoms with van der Waals surface area (Å²) in [5.41, 5.74) is 4.15. The molecule has 3 nitrogen and oxygen atoms in total. The molecule has 23 heavy (non-hydrogen) atoms. The van der Waals surface area contributed by atoms with E-state index < -0.39 is 6.10 Å². The lowest BCUT2D eigenvalue weighted by Gasteiger charge is -2.25. The number of rotatable bonds is 4. The molecule has 2 atom stereocenters. The summed E-state index contributed by atoms with van der Waals surface area (Å²) in [6.07, 6.45) is 3.20. The molecule has 1 amide bonds. The molecule has 2 N–H and O–H groups in total. The third-order valence-corrected chi connectivity index (χ3v) is 4.61. The molecule has 0 radical (unpaired) electrons. The van der Waals surface area contributed by atoms with Crippen molar-refractivity contribution >= 4 is 11.6 Å². The predicted molar refractivity (Wildman–Crippen MR) is 92.4 cm³/mol. The molecule has 0 aliphatic heterocycles. The highest BCUT2D eigenvalue weighted by molar-refractivity contribution is 5.92. The van der Waals surface area contributed by atoms with E-state index >= 15 is 0 Å². The van der Waals surface area contributed by atoms with Crippen molar-refractivity contribution in [3.8, 4) is 0 Å². The van der Waals surface area contributed by atoms with Crippen LogP contribution in [0.4, 0.5) is 5.69 Å². The second-order valence-corrected chi connectivity index (χ2v) is 6.30. The molecule has 3 rings (SSSR count). The SMILES string of the molecule is CC(O)c1ccccc1NC(=O)CC1CCCc2ccccc21. The molecule has 0 fully saturated rings. The largest absolute Gasteiger partial charge is 0.389 e. The maximum absolute atomic E-state index is 12.5. The van der Waals surface area contributed by atoms with E-state index in [0.29, 0.717) is 18.0 Å². The first kappa shape index (κ1) is 15.8. The van der Waals surface area contributed by atoms with E-state index in [9.17, 15) is 9.90 Å². The summed E-state index contributed by atoms with van der Waals surface area (Å²) in [5, 5.41) is 12.8. The Balaban J connectivity index is 1.72. The van der Waals surface area contributed by atoms with Gasteiger partial charge in [0.05, 0.1) is 6.10 Å². The van der Waals surface area contributed by atoms with Crippen molar-refractivity contribution in [1.82, 2.24) is 0 Å². The number of carbonyl (C=O) groups is 1. The molecule has 0 bridgehead atoms. The molecule has 2 unspecified atom stereocenters. The third-order valence-electron chi connectivity index (χ3n) is 4.61. The van der Waals surface area contributed by atoms with E-state index in [1.54, 1.807) is 6.92 Å². The van der Waals surface area contributed by atoms with Crippen LogP contribution in [0.15, 0.2) is 48.5 Å². The van der Waals surface area contributed by atoms with Crippen molar-refractivity contribution in [2.24, 2.45) is 0 Å². The number of benzene rings is 2. The Hall–Kier alpha value is -2.13. The number of fused-ring (bicyclic) bond motifs is 1. The molecular weight excluding hydrogens is 286 g/mol. The van der Waals surface area contributed by atoms with Gasteiger partial charge in [-0.25, -0.2) is 0 Å². The minimum atomic E-state index is -0.595. The summed E-state index contributed by atoms with van der Waals surface area (Å²) < 4.78 is 0. The minimum absolute atomic E-state index is 0.0137. The van der Waals surface area contributed by atoms with Gasteiger partial charge in [-0.3, -0.25) is 4.79 Å². The van der Waals surface area contributed by atoms with Gasteiger partial charge in [-0.1, -0.05) is 42.5 Å². The van der Waals surface area contributed by atoms with Gasteiger partial charge < -0.3 is 10.4 Å². The maximum Gasteiger partial charge on any atom is 0.224 e. The summed E-state index contributed by atoms with van der Waals surface area (Å²) in [4.78, 5) is 12.5. The molecule has 0 spiro atoms. The van der Waals surface area contributed by atoms with E-state index in [2.05, 4.69) is 29.6 Å². The molecule has 2 aromatic carbocycles. The van der Waals surface area contributed by atoms with Crippen LogP contribution in [-0.4, -0.2) is 11.0 Å². The van der Waals surface area contributed by atoms with Crippen LogP contribution >= 0.6 is 0 Å². The average molecular weight is 309 g/mol. The number of anilines is 1. The topological polar surface area (TPSA) is 49.3 Å². The Labute approximate surface area is 137 Å². The summed E-state index contributed by atoms with van der Waals surface area (Å²) in [7, 11) is 0. The van der Waals surface area contributed by atoms with E-state index in [-0.39, 0.29) is 5.91 Å². The van der Waals surface area contributed by atoms with Crippen molar-refractivity contribution in [3.63, 3.8) is 0 Å². The van der Waals surface area contributed by atoms with Crippen molar-refractivity contribution in [3.05, 3.63) is 65.2 Å². The Bertz CT molecular complexity index is 694. The molecule has 3 heteroatoms. The van der Waals surface area contributed by atoms with Crippen LogP contribution in [0, 0.1) is 0 Å². The molecular formula is C20H23NO2. The lowest BCUT2D eigenvalue weighted by molar-refractivity contribution is -0.116. The van der Waals surface area contributed by atoms with Gasteiger partial charge in [0.25, 0.3) is 0 Å². The van der Waals surface area contributed by atoms with E-state index in [4.69, 9.17) is 0 Å². The summed E-state index contributed by atoms with van der Waals surface area (Å²) in [5.74, 6) is 0.304. The van der Waals surface area contributed by atoms with Gasteiger partial charge in [-0.15, -0.1) is 0 Å². The minimum Gasteiger partial charge on any atom is -0.389 e. The zero-order valence-corrected chi connectivity index (χ0v) is 13.5. The second-order valence-electron chi connectivity index (χ2n) is 6.30. The lowest BCUT2D eigenvalue weighted by Crippen LogP contribution is -2.19. The summed E-state index contributed by atoms with van der Waals surface area (Å²) >= 11 is 0. The lowest BCUT2D eigenvalue weighted by atomic mass is 9.81. The summed E-state index contributed by atoms with van der Waals surface area (Å²) in [6.45, 7) is 1.71. The normalized spacial score (nSPS) is 18.1.